The molecule has 2 heterocycles. The van der Waals surface area contributed by atoms with E-state index in [9.17, 15) is 0 Å². The lowest BCUT2D eigenvalue weighted by atomic mass is 10.2. The highest BCUT2D eigenvalue weighted by atomic mass is 35.5. The Morgan fingerprint density at radius 1 is 1.71 bits per heavy atom. The van der Waals surface area contributed by atoms with E-state index in [1.54, 1.807) is 11.3 Å². The number of nitrogens with zero attached hydrogens (tertiary/aromatic N) is 1. The van der Waals surface area contributed by atoms with Gasteiger partial charge < -0.3 is 5.73 Å². The second kappa shape index (κ2) is 4.19. The third-order valence-electron chi connectivity index (χ3n) is 2.93. The lowest BCUT2D eigenvalue weighted by Gasteiger charge is -2.21. The fourth-order valence-corrected chi connectivity index (χ4v) is 2.99. The zero-order valence-electron chi connectivity index (χ0n) is 8.24. The van der Waals surface area contributed by atoms with Crippen LogP contribution in [0.25, 0.3) is 0 Å². The van der Waals surface area contributed by atoms with E-state index < -0.39 is 0 Å². The number of thiophene rings is 1. The van der Waals surface area contributed by atoms with Crippen LogP contribution in [0.2, 0.25) is 5.02 Å². The maximum atomic E-state index is 5.96. The molecule has 78 valence electrons. The number of halogens is 1. The van der Waals surface area contributed by atoms with Gasteiger partial charge in [-0.05, 0) is 19.4 Å². The number of rotatable bonds is 2. The van der Waals surface area contributed by atoms with Crippen LogP contribution in [0.15, 0.2) is 11.4 Å². The van der Waals surface area contributed by atoms with Gasteiger partial charge >= 0.3 is 0 Å². The Morgan fingerprint density at radius 2 is 2.50 bits per heavy atom. The molecule has 1 aliphatic rings. The van der Waals surface area contributed by atoms with Gasteiger partial charge in [0.2, 0.25) is 0 Å². The fraction of sp³-hybridized carbons (Fsp3) is 0.600. The molecule has 1 aliphatic heterocycles. The summed E-state index contributed by atoms with van der Waals surface area (Å²) in [6.07, 6.45) is 1.11. The molecule has 0 bridgehead atoms. The first-order chi connectivity index (χ1) is 6.66. The Kier molecular flexibility index (Phi) is 3.12. The summed E-state index contributed by atoms with van der Waals surface area (Å²) in [7, 11) is 0. The number of nitrogens with two attached hydrogens (primary N) is 1. The summed E-state index contributed by atoms with van der Waals surface area (Å²) in [4.78, 5) is 3.75. The van der Waals surface area contributed by atoms with Gasteiger partial charge in [0.1, 0.15) is 0 Å². The maximum absolute atomic E-state index is 5.96. The van der Waals surface area contributed by atoms with Gasteiger partial charge in [-0.2, -0.15) is 0 Å². The molecule has 4 heteroatoms. The SMILES string of the molecule is CC1C(N)CCN1Cc1cc(Cl)cs1. The maximum Gasteiger partial charge on any atom is 0.0516 e. The van der Waals surface area contributed by atoms with Crippen LogP contribution in [0.1, 0.15) is 18.2 Å². The highest BCUT2D eigenvalue weighted by Crippen LogP contribution is 2.24. The molecule has 1 aromatic rings. The molecular weight excluding hydrogens is 216 g/mol. The molecule has 1 fully saturated rings. The Labute approximate surface area is 93.7 Å². The zero-order valence-corrected chi connectivity index (χ0v) is 9.81. The summed E-state index contributed by atoms with van der Waals surface area (Å²) in [6, 6.07) is 2.88. The quantitative estimate of drug-likeness (QED) is 0.845. The van der Waals surface area contributed by atoms with Crippen molar-refractivity contribution in [2.24, 2.45) is 5.73 Å². The molecular formula is C10H15ClN2S. The van der Waals surface area contributed by atoms with Crippen molar-refractivity contribution in [3.63, 3.8) is 0 Å². The van der Waals surface area contributed by atoms with Crippen LogP contribution >= 0.6 is 22.9 Å². The van der Waals surface area contributed by atoms with E-state index in [-0.39, 0.29) is 0 Å². The largest absolute Gasteiger partial charge is 0.326 e. The Morgan fingerprint density at radius 3 is 3.00 bits per heavy atom. The second-order valence-electron chi connectivity index (χ2n) is 3.89. The lowest BCUT2D eigenvalue weighted by Crippen LogP contribution is -2.36. The minimum Gasteiger partial charge on any atom is -0.326 e. The Balaban J connectivity index is 1.98. The minimum atomic E-state index is 0.338. The van der Waals surface area contributed by atoms with E-state index in [2.05, 4.69) is 11.8 Å². The summed E-state index contributed by atoms with van der Waals surface area (Å²) in [5, 5.41) is 2.83. The van der Waals surface area contributed by atoms with Gasteiger partial charge in [-0.1, -0.05) is 11.6 Å². The van der Waals surface area contributed by atoms with Crippen molar-refractivity contribution >= 4 is 22.9 Å². The third kappa shape index (κ3) is 2.11. The summed E-state index contributed by atoms with van der Waals surface area (Å²) >= 11 is 7.60. The van der Waals surface area contributed by atoms with Gasteiger partial charge in [0.25, 0.3) is 0 Å². The Hall–Kier alpha value is -0.0900. The van der Waals surface area contributed by atoms with Gasteiger partial charge in [-0.3, -0.25) is 4.90 Å². The molecule has 0 aliphatic carbocycles. The molecule has 2 N–H and O–H groups in total. The summed E-state index contributed by atoms with van der Waals surface area (Å²) in [5.74, 6) is 0. The fourth-order valence-electron chi connectivity index (χ4n) is 1.89. The number of hydrogen-bond acceptors (Lipinski definition) is 3. The zero-order chi connectivity index (χ0) is 10.1. The van der Waals surface area contributed by atoms with E-state index in [1.165, 1.54) is 4.88 Å². The topological polar surface area (TPSA) is 29.3 Å². The van der Waals surface area contributed by atoms with Crippen LogP contribution in [-0.2, 0) is 6.54 Å². The van der Waals surface area contributed by atoms with Crippen molar-refractivity contribution in [3.05, 3.63) is 21.3 Å². The van der Waals surface area contributed by atoms with Crippen molar-refractivity contribution < 1.29 is 0 Å². The summed E-state index contributed by atoms with van der Waals surface area (Å²) in [5.41, 5.74) is 5.96. The van der Waals surface area contributed by atoms with Gasteiger partial charge in [0, 0.05) is 35.4 Å². The van der Waals surface area contributed by atoms with Crippen LogP contribution in [0.5, 0.6) is 0 Å². The minimum absolute atomic E-state index is 0.338. The molecule has 0 saturated carbocycles. The van der Waals surface area contributed by atoms with Gasteiger partial charge in [-0.15, -0.1) is 11.3 Å². The first kappa shape index (κ1) is 10.4. The number of hydrogen-bond donors (Lipinski definition) is 1. The molecule has 2 nitrogen and oxygen atoms in total. The summed E-state index contributed by atoms with van der Waals surface area (Å²) in [6.45, 7) is 4.30. The van der Waals surface area contributed by atoms with Crippen molar-refractivity contribution in [1.29, 1.82) is 0 Å². The smallest absolute Gasteiger partial charge is 0.0516 e. The van der Waals surface area contributed by atoms with Crippen molar-refractivity contribution in [3.8, 4) is 0 Å². The molecule has 2 rings (SSSR count). The molecule has 1 aromatic heterocycles. The number of likely N-dealkylation sites (tertiary alicyclic amines) is 1. The van der Waals surface area contributed by atoms with Crippen LogP contribution in [0.3, 0.4) is 0 Å². The molecule has 1 saturated heterocycles. The predicted octanol–water partition coefficient (Wildman–Crippen LogP) is 2.32. The van der Waals surface area contributed by atoms with Crippen molar-refractivity contribution in [2.45, 2.75) is 32.0 Å². The highest BCUT2D eigenvalue weighted by Gasteiger charge is 2.27. The van der Waals surface area contributed by atoms with Crippen LogP contribution < -0.4 is 5.73 Å². The lowest BCUT2D eigenvalue weighted by molar-refractivity contribution is 0.254. The van der Waals surface area contributed by atoms with Gasteiger partial charge in [0.15, 0.2) is 0 Å². The van der Waals surface area contributed by atoms with E-state index in [4.69, 9.17) is 17.3 Å². The molecule has 0 amide bonds. The van der Waals surface area contributed by atoms with Crippen LogP contribution in [0, 0.1) is 0 Å². The molecule has 0 aromatic carbocycles. The van der Waals surface area contributed by atoms with Crippen molar-refractivity contribution in [1.82, 2.24) is 4.90 Å². The third-order valence-corrected chi connectivity index (χ3v) is 4.20. The second-order valence-corrected chi connectivity index (χ2v) is 5.33. The highest BCUT2D eigenvalue weighted by molar-refractivity contribution is 7.10. The first-order valence-electron chi connectivity index (χ1n) is 4.89. The van der Waals surface area contributed by atoms with E-state index >= 15 is 0 Å². The molecule has 2 unspecified atom stereocenters. The monoisotopic (exact) mass is 230 g/mol. The molecule has 14 heavy (non-hydrogen) atoms. The molecule has 0 radical (unpaired) electrons. The van der Waals surface area contributed by atoms with Gasteiger partial charge in [-0.25, -0.2) is 0 Å². The van der Waals surface area contributed by atoms with Crippen LogP contribution in [-0.4, -0.2) is 23.5 Å². The van der Waals surface area contributed by atoms with E-state index in [1.807, 2.05) is 11.4 Å². The normalized spacial score (nSPS) is 28.5. The predicted molar refractivity (Wildman–Crippen MR) is 61.8 cm³/mol. The van der Waals surface area contributed by atoms with Gasteiger partial charge in [0.05, 0.1) is 5.02 Å². The molecule has 0 spiro atoms. The average Bonchev–Trinajstić information content (AvgIpc) is 2.67. The van der Waals surface area contributed by atoms with E-state index in [0.29, 0.717) is 12.1 Å². The van der Waals surface area contributed by atoms with Crippen molar-refractivity contribution in [2.75, 3.05) is 6.54 Å². The Bertz CT molecular complexity index is 313. The average molecular weight is 231 g/mol. The standard InChI is InChI=1S/C10H15ClN2S/c1-7-10(12)2-3-13(7)5-9-4-8(11)6-14-9/h4,6-7,10H,2-3,5,12H2,1H3. The molecule has 2 atom stereocenters. The van der Waals surface area contributed by atoms with Crippen LogP contribution in [0.4, 0.5) is 0 Å². The first-order valence-corrected chi connectivity index (χ1v) is 6.15. The van der Waals surface area contributed by atoms with E-state index in [0.717, 1.165) is 24.5 Å². The summed E-state index contributed by atoms with van der Waals surface area (Å²) < 4.78 is 0.